The summed E-state index contributed by atoms with van der Waals surface area (Å²) < 4.78 is 4.84. The fourth-order valence-corrected chi connectivity index (χ4v) is 2.95. The largest absolute Gasteiger partial charge is 0.364 e. The van der Waals surface area contributed by atoms with E-state index in [0.29, 0.717) is 27.7 Å². The number of nitrogens with one attached hydrogen (secondary N) is 2. The quantitative estimate of drug-likeness (QED) is 0.569. The van der Waals surface area contributed by atoms with Crippen LogP contribution in [0.1, 0.15) is 18.5 Å². The van der Waals surface area contributed by atoms with Crippen LogP contribution in [0, 0.1) is 0 Å². The van der Waals surface area contributed by atoms with Gasteiger partial charge in [0, 0.05) is 17.1 Å². The number of hydrogen-bond donors (Lipinski definition) is 2. The highest BCUT2D eigenvalue weighted by atomic mass is 35.5. The van der Waals surface area contributed by atoms with Crippen molar-refractivity contribution in [3.8, 4) is 11.3 Å². The van der Waals surface area contributed by atoms with Crippen molar-refractivity contribution in [2.24, 2.45) is 0 Å². The molecule has 0 aliphatic carbocycles. The van der Waals surface area contributed by atoms with Gasteiger partial charge in [0.05, 0.1) is 34.0 Å². The van der Waals surface area contributed by atoms with E-state index in [1.165, 1.54) is 6.26 Å². The molecule has 0 aliphatic heterocycles. The smallest absolute Gasteiger partial charge is 0.253 e. The van der Waals surface area contributed by atoms with Crippen molar-refractivity contribution >= 4 is 28.5 Å². The Bertz CT molecular complexity index is 1120. The minimum Gasteiger partial charge on any atom is -0.364 e. The third-order valence-electron chi connectivity index (χ3n) is 4.05. The molecular formula is C18H14ClN5O2. The molecule has 4 rings (SSSR count). The van der Waals surface area contributed by atoms with Gasteiger partial charge < -0.3 is 14.8 Å². The Labute approximate surface area is 153 Å². The Morgan fingerprint density at radius 2 is 2.19 bits per heavy atom. The molecule has 26 heavy (non-hydrogen) atoms. The van der Waals surface area contributed by atoms with Crippen LogP contribution in [0.15, 0.2) is 58.3 Å². The number of fused-ring (bicyclic) bond motifs is 1. The minimum absolute atomic E-state index is 0.208. The molecule has 2 N–H and O–H groups in total. The molecule has 0 spiro atoms. The summed E-state index contributed by atoms with van der Waals surface area (Å²) in [5.74, 6) is 0.404. The second-order valence-electron chi connectivity index (χ2n) is 5.80. The number of nitrogens with zero attached hydrogens (tertiary/aromatic N) is 3. The first-order chi connectivity index (χ1) is 12.6. The van der Waals surface area contributed by atoms with Gasteiger partial charge in [-0.2, -0.15) is 0 Å². The van der Waals surface area contributed by atoms with Crippen LogP contribution in [0.25, 0.3) is 22.2 Å². The van der Waals surface area contributed by atoms with E-state index < -0.39 is 0 Å². The number of hydrogen-bond acceptors (Lipinski definition) is 6. The molecule has 3 aromatic heterocycles. The molecule has 0 amide bonds. The lowest BCUT2D eigenvalue weighted by Gasteiger charge is -2.14. The fourth-order valence-electron chi connectivity index (χ4n) is 2.73. The first-order valence-electron chi connectivity index (χ1n) is 7.92. The van der Waals surface area contributed by atoms with Crippen molar-refractivity contribution in [1.82, 2.24) is 20.1 Å². The monoisotopic (exact) mass is 367 g/mol. The van der Waals surface area contributed by atoms with E-state index in [1.54, 1.807) is 24.5 Å². The molecule has 0 saturated heterocycles. The van der Waals surface area contributed by atoms with E-state index in [-0.39, 0.29) is 11.6 Å². The lowest BCUT2D eigenvalue weighted by atomic mass is 10.1. The number of para-hydroxylation sites is 1. The second-order valence-corrected chi connectivity index (χ2v) is 6.21. The molecule has 0 fully saturated rings. The topological polar surface area (TPSA) is 96.7 Å². The van der Waals surface area contributed by atoms with Gasteiger partial charge in [-0.15, -0.1) is 0 Å². The average molecular weight is 368 g/mol. The van der Waals surface area contributed by atoms with Gasteiger partial charge in [-0.25, -0.2) is 9.97 Å². The molecule has 0 bridgehead atoms. The number of halogens is 1. The summed E-state index contributed by atoms with van der Waals surface area (Å²) >= 11 is 6.14. The first kappa shape index (κ1) is 16.3. The lowest BCUT2D eigenvalue weighted by Crippen LogP contribution is -2.20. The number of H-pyrrole nitrogens is 1. The van der Waals surface area contributed by atoms with Crippen molar-refractivity contribution in [3.05, 3.63) is 69.9 Å². The van der Waals surface area contributed by atoms with Crippen molar-refractivity contribution < 1.29 is 4.52 Å². The molecule has 0 aliphatic rings. The highest BCUT2D eigenvalue weighted by Gasteiger charge is 2.14. The van der Waals surface area contributed by atoms with Crippen molar-refractivity contribution in [2.75, 3.05) is 5.32 Å². The second kappa shape index (κ2) is 6.61. The molecule has 3 heterocycles. The standard InChI is InChI=1S/C18H14ClN5O2/c1-10(13-7-11-3-2-4-14(19)16(11)24-17(13)25)22-18-20-6-5-15(23-18)12-8-21-26-9-12/h2-10H,1H3,(H,24,25)(H,20,22,23)/t10-/m0/s1. The molecule has 1 aromatic carbocycles. The van der Waals surface area contributed by atoms with Crippen LogP contribution in [0.3, 0.4) is 0 Å². The average Bonchev–Trinajstić information content (AvgIpc) is 3.17. The summed E-state index contributed by atoms with van der Waals surface area (Å²) in [5.41, 5.74) is 2.41. The fraction of sp³-hybridized carbons (Fsp3) is 0.111. The molecule has 4 aromatic rings. The highest BCUT2D eigenvalue weighted by Crippen LogP contribution is 2.23. The summed E-state index contributed by atoms with van der Waals surface area (Å²) in [5, 5.41) is 8.20. The molecule has 0 saturated carbocycles. The van der Waals surface area contributed by atoms with E-state index >= 15 is 0 Å². The van der Waals surface area contributed by atoms with Gasteiger partial charge in [0.25, 0.3) is 5.56 Å². The van der Waals surface area contributed by atoms with Gasteiger partial charge in [-0.1, -0.05) is 28.9 Å². The molecule has 7 nitrogen and oxygen atoms in total. The zero-order valence-corrected chi connectivity index (χ0v) is 14.5. The van der Waals surface area contributed by atoms with Crippen LogP contribution in [0.5, 0.6) is 0 Å². The summed E-state index contributed by atoms with van der Waals surface area (Å²) in [6, 6.07) is 8.76. The molecule has 130 valence electrons. The van der Waals surface area contributed by atoms with Gasteiger partial charge in [-0.05, 0) is 25.1 Å². The Kier molecular flexibility index (Phi) is 4.14. The van der Waals surface area contributed by atoms with E-state index in [2.05, 4.69) is 25.4 Å². The van der Waals surface area contributed by atoms with Crippen LogP contribution in [0.2, 0.25) is 5.02 Å². The SMILES string of the molecule is C[C@H](Nc1nccc(-c2cnoc2)n1)c1cc2cccc(Cl)c2[nH]c1=O. The van der Waals surface area contributed by atoms with Gasteiger partial charge in [0.15, 0.2) is 0 Å². The number of benzene rings is 1. The predicted octanol–water partition coefficient (Wildman–Crippen LogP) is 3.80. The summed E-state index contributed by atoms with van der Waals surface area (Å²) in [6.45, 7) is 1.87. The number of anilines is 1. The highest BCUT2D eigenvalue weighted by molar-refractivity contribution is 6.35. The molecular weight excluding hydrogens is 354 g/mol. The minimum atomic E-state index is -0.306. The molecule has 8 heteroatoms. The number of aromatic nitrogens is 4. The van der Waals surface area contributed by atoms with E-state index in [4.69, 9.17) is 16.1 Å². The van der Waals surface area contributed by atoms with Crippen LogP contribution in [-0.2, 0) is 0 Å². The van der Waals surface area contributed by atoms with E-state index in [0.717, 1.165) is 10.9 Å². The van der Waals surface area contributed by atoms with Crippen LogP contribution in [0.4, 0.5) is 5.95 Å². The Hall–Kier alpha value is -3.19. The van der Waals surface area contributed by atoms with Gasteiger partial charge in [0.2, 0.25) is 5.95 Å². The lowest BCUT2D eigenvalue weighted by molar-refractivity contribution is 0.420. The summed E-state index contributed by atoms with van der Waals surface area (Å²) in [7, 11) is 0. The van der Waals surface area contributed by atoms with Crippen molar-refractivity contribution in [1.29, 1.82) is 0 Å². The first-order valence-corrected chi connectivity index (χ1v) is 8.30. The zero-order valence-electron chi connectivity index (χ0n) is 13.7. The maximum absolute atomic E-state index is 12.5. The Morgan fingerprint density at radius 1 is 1.31 bits per heavy atom. The van der Waals surface area contributed by atoms with Crippen LogP contribution >= 0.6 is 11.6 Å². The molecule has 0 unspecified atom stereocenters. The zero-order chi connectivity index (χ0) is 18.1. The predicted molar refractivity (Wildman–Crippen MR) is 99.1 cm³/mol. The third kappa shape index (κ3) is 3.04. The van der Waals surface area contributed by atoms with Crippen LogP contribution in [-0.4, -0.2) is 20.1 Å². The number of rotatable bonds is 4. The molecule has 1 atom stereocenters. The Balaban J connectivity index is 1.66. The summed E-state index contributed by atoms with van der Waals surface area (Å²) in [6.07, 6.45) is 4.72. The molecule has 0 radical (unpaired) electrons. The van der Waals surface area contributed by atoms with E-state index in [9.17, 15) is 4.79 Å². The maximum Gasteiger partial charge on any atom is 0.253 e. The number of aromatic amines is 1. The van der Waals surface area contributed by atoms with Crippen molar-refractivity contribution in [3.63, 3.8) is 0 Å². The van der Waals surface area contributed by atoms with Crippen molar-refractivity contribution in [2.45, 2.75) is 13.0 Å². The van der Waals surface area contributed by atoms with E-state index in [1.807, 2.05) is 25.1 Å². The van der Waals surface area contributed by atoms with Gasteiger partial charge in [-0.3, -0.25) is 4.79 Å². The van der Waals surface area contributed by atoms with Gasteiger partial charge in [0.1, 0.15) is 6.26 Å². The number of pyridine rings is 1. The normalized spacial score (nSPS) is 12.2. The maximum atomic E-state index is 12.5. The Morgan fingerprint density at radius 3 is 3.00 bits per heavy atom. The van der Waals surface area contributed by atoms with Crippen LogP contribution < -0.4 is 10.9 Å². The van der Waals surface area contributed by atoms with Gasteiger partial charge >= 0.3 is 0 Å². The summed E-state index contributed by atoms with van der Waals surface area (Å²) in [4.78, 5) is 23.9. The third-order valence-corrected chi connectivity index (χ3v) is 4.37.